The number of rotatable bonds is 4. The molecule has 110 valence electrons. The molecule has 1 saturated heterocycles. The highest BCUT2D eigenvalue weighted by Crippen LogP contribution is 2.28. The maximum absolute atomic E-state index is 12.8. The topological polar surface area (TPSA) is 33.2 Å². The minimum Gasteiger partial charge on any atom is -0.302 e. The number of nitrogens with zero attached hydrogens (tertiary/aromatic N) is 2. The van der Waals surface area contributed by atoms with Crippen LogP contribution in [0.2, 0.25) is 0 Å². The average molecular weight is 278 g/mol. The molecule has 1 aliphatic heterocycles. The van der Waals surface area contributed by atoms with Crippen LogP contribution in [0.3, 0.4) is 0 Å². The van der Waals surface area contributed by atoms with Crippen molar-refractivity contribution < 1.29 is 9.18 Å². The molecule has 4 heteroatoms. The fourth-order valence-electron chi connectivity index (χ4n) is 2.94. The highest BCUT2D eigenvalue weighted by Gasteiger charge is 2.28. The third kappa shape index (κ3) is 3.85. The van der Waals surface area contributed by atoms with Crippen LogP contribution in [-0.2, 0) is 0 Å². The lowest BCUT2D eigenvalue weighted by Crippen LogP contribution is -2.43. The van der Waals surface area contributed by atoms with Crippen molar-refractivity contribution >= 4 is 5.78 Å². The molecule has 1 aromatic heterocycles. The summed E-state index contributed by atoms with van der Waals surface area (Å²) in [5, 5.41) is 0. The number of ketones is 1. The van der Waals surface area contributed by atoms with Gasteiger partial charge < -0.3 is 4.90 Å². The van der Waals surface area contributed by atoms with Crippen LogP contribution in [0.25, 0.3) is 0 Å². The number of pyridine rings is 1. The van der Waals surface area contributed by atoms with Crippen molar-refractivity contribution in [3.05, 3.63) is 29.8 Å². The zero-order valence-corrected chi connectivity index (χ0v) is 12.5. The van der Waals surface area contributed by atoms with Crippen molar-refractivity contribution in [2.45, 2.75) is 33.6 Å². The van der Waals surface area contributed by atoms with E-state index in [2.05, 4.69) is 23.7 Å². The minimum atomic E-state index is -0.410. The summed E-state index contributed by atoms with van der Waals surface area (Å²) in [6, 6.07) is 2.76. The SMILES string of the molecule is CC(CN1CCCC(C)(C)C1)C(=O)c1ccc(F)cn1. The Labute approximate surface area is 120 Å². The molecule has 0 aliphatic carbocycles. The molecule has 1 fully saturated rings. The summed E-state index contributed by atoms with van der Waals surface area (Å²) in [6.45, 7) is 9.30. The second-order valence-corrected chi connectivity index (χ2v) is 6.63. The summed E-state index contributed by atoms with van der Waals surface area (Å²) >= 11 is 0. The lowest BCUT2D eigenvalue weighted by Gasteiger charge is -2.38. The number of carbonyl (C=O) groups excluding carboxylic acids is 1. The molecule has 0 amide bonds. The number of hydrogen-bond donors (Lipinski definition) is 0. The van der Waals surface area contributed by atoms with Crippen LogP contribution in [0, 0.1) is 17.2 Å². The zero-order chi connectivity index (χ0) is 14.8. The van der Waals surface area contributed by atoms with Gasteiger partial charge in [0.1, 0.15) is 11.5 Å². The fourth-order valence-corrected chi connectivity index (χ4v) is 2.94. The number of hydrogen-bond acceptors (Lipinski definition) is 3. The summed E-state index contributed by atoms with van der Waals surface area (Å²) in [6.07, 6.45) is 3.53. The maximum atomic E-state index is 12.8. The zero-order valence-electron chi connectivity index (χ0n) is 12.5. The Morgan fingerprint density at radius 2 is 2.25 bits per heavy atom. The first kappa shape index (κ1) is 15.1. The van der Waals surface area contributed by atoms with E-state index in [9.17, 15) is 9.18 Å². The molecule has 1 atom stereocenters. The standard InChI is InChI=1S/C16H23FN2O/c1-12(10-19-8-4-7-16(2,3)11-19)15(20)14-6-5-13(17)9-18-14/h5-6,9,12H,4,7-8,10-11H2,1-3H3. The number of halogens is 1. The molecule has 1 aliphatic rings. The molecule has 1 unspecified atom stereocenters. The van der Waals surface area contributed by atoms with E-state index in [1.807, 2.05) is 6.92 Å². The van der Waals surface area contributed by atoms with Crippen molar-refractivity contribution in [1.82, 2.24) is 9.88 Å². The van der Waals surface area contributed by atoms with Gasteiger partial charge in [0.25, 0.3) is 0 Å². The maximum Gasteiger partial charge on any atom is 0.185 e. The molecule has 0 spiro atoms. The van der Waals surface area contributed by atoms with Crippen molar-refractivity contribution in [2.24, 2.45) is 11.3 Å². The number of carbonyl (C=O) groups is 1. The van der Waals surface area contributed by atoms with Gasteiger partial charge in [-0.25, -0.2) is 4.39 Å². The van der Waals surface area contributed by atoms with Crippen LogP contribution in [0.1, 0.15) is 44.1 Å². The molecule has 0 aromatic carbocycles. The van der Waals surface area contributed by atoms with Gasteiger partial charge in [-0.1, -0.05) is 20.8 Å². The lowest BCUT2D eigenvalue weighted by atomic mass is 9.83. The Bertz CT molecular complexity index is 470. The third-order valence-electron chi connectivity index (χ3n) is 3.94. The first-order chi connectivity index (χ1) is 9.37. The predicted molar refractivity (Wildman–Crippen MR) is 77.1 cm³/mol. The molecule has 0 saturated carbocycles. The van der Waals surface area contributed by atoms with Crippen molar-refractivity contribution in [1.29, 1.82) is 0 Å². The number of Topliss-reactive ketones (excluding diaryl/α,β-unsaturated/α-hetero) is 1. The average Bonchev–Trinajstić information content (AvgIpc) is 2.37. The molecule has 2 rings (SSSR count). The third-order valence-corrected chi connectivity index (χ3v) is 3.94. The largest absolute Gasteiger partial charge is 0.302 e. The van der Waals surface area contributed by atoms with E-state index in [-0.39, 0.29) is 11.7 Å². The smallest absolute Gasteiger partial charge is 0.185 e. The van der Waals surface area contributed by atoms with Crippen molar-refractivity contribution in [3.63, 3.8) is 0 Å². The van der Waals surface area contributed by atoms with Gasteiger partial charge in [-0.3, -0.25) is 9.78 Å². The van der Waals surface area contributed by atoms with Gasteiger partial charge in [0.05, 0.1) is 6.20 Å². The van der Waals surface area contributed by atoms with Crippen LogP contribution in [0.5, 0.6) is 0 Å². The Morgan fingerprint density at radius 3 is 2.85 bits per heavy atom. The van der Waals surface area contributed by atoms with Crippen molar-refractivity contribution in [2.75, 3.05) is 19.6 Å². The Balaban J connectivity index is 1.95. The molecule has 1 aromatic rings. The van der Waals surface area contributed by atoms with Gasteiger partial charge in [0, 0.05) is 19.0 Å². The van der Waals surface area contributed by atoms with Crippen LogP contribution in [0.4, 0.5) is 4.39 Å². The van der Waals surface area contributed by atoms with Gasteiger partial charge in [0.2, 0.25) is 0 Å². The highest BCUT2D eigenvalue weighted by molar-refractivity contribution is 5.95. The molecular weight excluding hydrogens is 255 g/mol. The number of piperidine rings is 1. The Kier molecular flexibility index (Phi) is 4.53. The van der Waals surface area contributed by atoms with Crippen LogP contribution >= 0.6 is 0 Å². The van der Waals surface area contributed by atoms with Gasteiger partial charge in [-0.2, -0.15) is 0 Å². The monoisotopic (exact) mass is 278 g/mol. The van der Waals surface area contributed by atoms with Crippen LogP contribution < -0.4 is 0 Å². The molecule has 2 heterocycles. The van der Waals surface area contributed by atoms with Gasteiger partial charge in [0.15, 0.2) is 5.78 Å². The Morgan fingerprint density at radius 1 is 1.50 bits per heavy atom. The summed E-state index contributed by atoms with van der Waals surface area (Å²) in [7, 11) is 0. The van der Waals surface area contributed by atoms with E-state index in [0.29, 0.717) is 11.1 Å². The summed E-state index contributed by atoms with van der Waals surface area (Å²) in [5.41, 5.74) is 0.685. The molecule has 0 N–H and O–H groups in total. The van der Waals surface area contributed by atoms with E-state index >= 15 is 0 Å². The number of likely N-dealkylation sites (tertiary alicyclic amines) is 1. The van der Waals surface area contributed by atoms with E-state index in [0.717, 1.165) is 25.8 Å². The summed E-state index contributed by atoms with van der Waals surface area (Å²) in [5.74, 6) is -0.526. The first-order valence-corrected chi connectivity index (χ1v) is 7.25. The van der Waals surface area contributed by atoms with E-state index in [1.165, 1.54) is 25.0 Å². The van der Waals surface area contributed by atoms with E-state index in [1.54, 1.807) is 0 Å². The highest BCUT2D eigenvalue weighted by atomic mass is 19.1. The molecule has 3 nitrogen and oxygen atoms in total. The minimum absolute atomic E-state index is 0.00613. The Hall–Kier alpha value is -1.29. The molecule has 20 heavy (non-hydrogen) atoms. The van der Waals surface area contributed by atoms with Crippen LogP contribution in [0.15, 0.2) is 18.3 Å². The first-order valence-electron chi connectivity index (χ1n) is 7.25. The van der Waals surface area contributed by atoms with E-state index < -0.39 is 5.82 Å². The predicted octanol–water partition coefficient (Wildman–Crippen LogP) is 3.16. The van der Waals surface area contributed by atoms with Crippen LogP contribution in [-0.4, -0.2) is 35.3 Å². The van der Waals surface area contributed by atoms with Gasteiger partial charge in [-0.15, -0.1) is 0 Å². The lowest BCUT2D eigenvalue weighted by molar-refractivity contribution is 0.0783. The number of aromatic nitrogens is 1. The quantitative estimate of drug-likeness (QED) is 0.793. The summed E-state index contributed by atoms with van der Waals surface area (Å²) in [4.78, 5) is 18.5. The fraction of sp³-hybridized carbons (Fsp3) is 0.625. The second kappa shape index (κ2) is 6.00. The molecular formula is C16H23FN2O. The molecule has 0 radical (unpaired) electrons. The van der Waals surface area contributed by atoms with Crippen molar-refractivity contribution in [3.8, 4) is 0 Å². The van der Waals surface area contributed by atoms with E-state index in [4.69, 9.17) is 0 Å². The van der Waals surface area contributed by atoms with Gasteiger partial charge in [-0.05, 0) is 36.9 Å². The normalized spacial score (nSPS) is 20.6. The molecule has 0 bridgehead atoms. The van der Waals surface area contributed by atoms with Gasteiger partial charge >= 0.3 is 0 Å². The summed E-state index contributed by atoms with van der Waals surface area (Å²) < 4.78 is 12.8. The second-order valence-electron chi connectivity index (χ2n) is 6.63.